The van der Waals surface area contributed by atoms with Crippen LogP contribution in [-0.2, 0) is 9.84 Å². The number of aromatic nitrogens is 2. The average molecular weight is 312 g/mol. The van der Waals surface area contributed by atoms with Crippen LogP contribution in [0.5, 0.6) is 0 Å². The Morgan fingerprint density at radius 1 is 1.14 bits per heavy atom. The lowest BCUT2D eigenvalue weighted by Crippen LogP contribution is -2.32. The minimum absolute atomic E-state index is 0.159. The molecular formula is C14H24N4O2S. The number of sulfone groups is 1. The van der Waals surface area contributed by atoms with Gasteiger partial charge in [-0.25, -0.2) is 18.4 Å². The molecule has 1 aromatic heterocycles. The van der Waals surface area contributed by atoms with E-state index < -0.39 is 9.84 Å². The van der Waals surface area contributed by atoms with Crippen molar-refractivity contribution in [1.29, 1.82) is 0 Å². The van der Waals surface area contributed by atoms with Crippen LogP contribution in [0.25, 0.3) is 0 Å². The molecule has 7 heteroatoms. The van der Waals surface area contributed by atoms with Gasteiger partial charge in [-0.15, -0.1) is 0 Å². The van der Waals surface area contributed by atoms with Crippen LogP contribution in [0.3, 0.4) is 0 Å². The smallest absolute Gasteiger partial charge is 0.150 e. The van der Waals surface area contributed by atoms with Crippen LogP contribution in [0.15, 0.2) is 0 Å². The maximum Gasteiger partial charge on any atom is 0.150 e. The lowest BCUT2D eigenvalue weighted by Gasteiger charge is -2.25. The molecule has 6 nitrogen and oxygen atoms in total. The maximum atomic E-state index is 11.5. The molecule has 1 aliphatic heterocycles. The largest absolute Gasteiger partial charge is 0.373 e. The van der Waals surface area contributed by atoms with Gasteiger partial charge in [-0.2, -0.15) is 0 Å². The zero-order valence-electron chi connectivity index (χ0n) is 13.1. The van der Waals surface area contributed by atoms with Crippen molar-refractivity contribution in [2.45, 2.75) is 45.6 Å². The molecule has 118 valence electrons. The first-order valence-electron chi connectivity index (χ1n) is 7.35. The molecule has 0 atom stereocenters. The SMILES string of the molecule is CNc1nc(C(C)C)nc(NC2CCS(=O)(=O)CC2)c1C. The molecule has 0 aromatic carbocycles. The quantitative estimate of drug-likeness (QED) is 0.884. The number of anilines is 2. The Kier molecular flexibility index (Phi) is 4.70. The summed E-state index contributed by atoms with van der Waals surface area (Å²) in [6, 6.07) is 0.159. The minimum Gasteiger partial charge on any atom is -0.373 e. The first-order valence-corrected chi connectivity index (χ1v) is 9.18. The minimum atomic E-state index is -2.84. The number of nitrogens with one attached hydrogen (secondary N) is 2. The van der Waals surface area contributed by atoms with Gasteiger partial charge in [-0.1, -0.05) is 13.8 Å². The molecule has 2 rings (SSSR count). The topological polar surface area (TPSA) is 84.0 Å². The highest BCUT2D eigenvalue weighted by molar-refractivity contribution is 7.91. The van der Waals surface area contributed by atoms with Gasteiger partial charge in [-0.05, 0) is 19.8 Å². The average Bonchev–Trinajstić information content (AvgIpc) is 2.43. The van der Waals surface area contributed by atoms with Gasteiger partial charge in [0.1, 0.15) is 27.3 Å². The molecule has 2 heterocycles. The molecule has 1 saturated heterocycles. The summed E-state index contributed by atoms with van der Waals surface area (Å²) in [5.74, 6) is 3.16. The van der Waals surface area contributed by atoms with E-state index in [1.54, 1.807) is 0 Å². The van der Waals surface area contributed by atoms with Gasteiger partial charge in [0.05, 0.1) is 11.5 Å². The Morgan fingerprint density at radius 3 is 2.24 bits per heavy atom. The Morgan fingerprint density at radius 2 is 1.71 bits per heavy atom. The highest BCUT2D eigenvalue weighted by Gasteiger charge is 2.24. The predicted molar refractivity (Wildman–Crippen MR) is 85.7 cm³/mol. The van der Waals surface area contributed by atoms with Crippen LogP contribution in [0.1, 0.15) is 44.0 Å². The molecule has 1 aliphatic rings. The van der Waals surface area contributed by atoms with Crippen molar-refractivity contribution in [3.8, 4) is 0 Å². The van der Waals surface area contributed by atoms with Crippen molar-refractivity contribution in [1.82, 2.24) is 9.97 Å². The number of rotatable bonds is 4. The maximum absolute atomic E-state index is 11.5. The molecule has 0 bridgehead atoms. The second-order valence-corrected chi connectivity index (χ2v) is 8.18. The van der Waals surface area contributed by atoms with E-state index in [9.17, 15) is 8.42 Å². The third-order valence-corrected chi connectivity index (χ3v) is 5.53. The molecule has 2 N–H and O–H groups in total. The number of nitrogens with zero attached hydrogens (tertiary/aromatic N) is 2. The summed E-state index contributed by atoms with van der Waals surface area (Å²) in [7, 11) is -0.994. The second-order valence-electron chi connectivity index (χ2n) is 5.88. The Hall–Kier alpha value is -1.37. The van der Waals surface area contributed by atoms with E-state index >= 15 is 0 Å². The second kappa shape index (κ2) is 6.17. The number of hydrogen-bond acceptors (Lipinski definition) is 6. The fourth-order valence-corrected chi connectivity index (χ4v) is 3.90. The number of hydrogen-bond donors (Lipinski definition) is 2. The predicted octanol–water partition coefficient (Wildman–Crippen LogP) is 1.94. The van der Waals surface area contributed by atoms with E-state index in [4.69, 9.17) is 0 Å². The highest BCUT2D eigenvalue weighted by Crippen LogP contribution is 2.25. The Labute approximate surface area is 126 Å². The van der Waals surface area contributed by atoms with Crippen molar-refractivity contribution in [2.24, 2.45) is 0 Å². The van der Waals surface area contributed by atoms with Gasteiger partial charge in [0.25, 0.3) is 0 Å². The van der Waals surface area contributed by atoms with Crippen molar-refractivity contribution in [2.75, 3.05) is 29.2 Å². The monoisotopic (exact) mass is 312 g/mol. The standard InChI is InChI=1S/C14H24N4O2S/c1-9(2)12-17-13(15-4)10(3)14(18-12)16-11-5-7-21(19,20)8-6-11/h9,11H,5-8H2,1-4H3,(H2,15,16,17,18). The molecule has 1 aromatic rings. The van der Waals surface area contributed by atoms with Gasteiger partial charge in [0.2, 0.25) is 0 Å². The van der Waals surface area contributed by atoms with E-state index in [0.29, 0.717) is 12.8 Å². The van der Waals surface area contributed by atoms with E-state index in [0.717, 1.165) is 23.0 Å². The van der Waals surface area contributed by atoms with Gasteiger partial charge < -0.3 is 10.6 Å². The van der Waals surface area contributed by atoms with Crippen molar-refractivity contribution in [3.63, 3.8) is 0 Å². The summed E-state index contributed by atoms with van der Waals surface area (Å²) >= 11 is 0. The summed E-state index contributed by atoms with van der Waals surface area (Å²) in [5.41, 5.74) is 0.968. The third kappa shape index (κ3) is 3.84. The van der Waals surface area contributed by atoms with Crippen LogP contribution in [0, 0.1) is 6.92 Å². The molecule has 0 unspecified atom stereocenters. The molecule has 21 heavy (non-hydrogen) atoms. The summed E-state index contributed by atoms with van der Waals surface area (Å²) in [4.78, 5) is 9.11. The fourth-order valence-electron chi connectivity index (χ4n) is 2.40. The van der Waals surface area contributed by atoms with Gasteiger partial charge >= 0.3 is 0 Å². The van der Waals surface area contributed by atoms with Crippen molar-refractivity contribution < 1.29 is 8.42 Å². The van der Waals surface area contributed by atoms with Crippen LogP contribution in [0.2, 0.25) is 0 Å². The first kappa shape index (κ1) is 16.0. The molecule has 1 fully saturated rings. The van der Waals surface area contributed by atoms with E-state index in [1.165, 1.54) is 0 Å². The molecule has 0 aliphatic carbocycles. The van der Waals surface area contributed by atoms with Crippen molar-refractivity contribution in [3.05, 3.63) is 11.4 Å². The molecule has 0 spiro atoms. The van der Waals surface area contributed by atoms with Crippen LogP contribution < -0.4 is 10.6 Å². The molecule has 0 radical (unpaired) electrons. The lowest BCUT2D eigenvalue weighted by molar-refractivity contribution is 0.558. The van der Waals surface area contributed by atoms with Crippen LogP contribution in [-0.4, -0.2) is 43.0 Å². The zero-order valence-corrected chi connectivity index (χ0v) is 13.9. The normalized spacial score (nSPS) is 18.7. The van der Waals surface area contributed by atoms with E-state index in [2.05, 4.69) is 34.4 Å². The molecular weight excluding hydrogens is 288 g/mol. The van der Waals surface area contributed by atoms with Gasteiger partial charge in [0.15, 0.2) is 0 Å². The van der Waals surface area contributed by atoms with Crippen LogP contribution >= 0.6 is 0 Å². The van der Waals surface area contributed by atoms with Gasteiger partial charge in [0, 0.05) is 24.6 Å². The summed E-state index contributed by atoms with van der Waals surface area (Å²) in [6.07, 6.45) is 1.27. The van der Waals surface area contributed by atoms with Crippen LogP contribution in [0.4, 0.5) is 11.6 Å². The van der Waals surface area contributed by atoms with E-state index in [1.807, 2.05) is 14.0 Å². The summed E-state index contributed by atoms with van der Waals surface area (Å²) < 4.78 is 23.0. The first-order chi connectivity index (χ1) is 9.82. The summed E-state index contributed by atoms with van der Waals surface area (Å²) in [5, 5.41) is 6.50. The van der Waals surface area contributed by atoms with E-state index in [-0.39, 0.29) is 23.5 Å². The molecule has 0 saturated carbocycles. The summed E-state index contributed by atoms with van der Waals surface area (Å²) in [6.45, 7) is 6.08. The fraction of sp³-hybridized carbons (Fsp3) is 0.714. The Balaban J connectivity index is 2.21. The molecule has 0 amide bonds. The lowest BCUT2D eigenvalue weighted by atomic mass is 10.1. The van der Waals surface area contributed by atoms with Gasteiger partial charge in [-0.3, -0.25) is 0 Å². The third-order valence-electron chi connectivity index (χ3n) is 3.81. The van der Waals surface area contributed by atoms with Crippen molar-refractivity contribution >= 4 is 21.5 Å². The highest BCUT2D eigenvalue weighted by atomic mass is 32.2. The zero-order chi connectivity index (χ0) is 15.6. The Bertz CT molecular complexity index is 600.